The molecule has 1 aliphatic rings. The number of aliphatic hydroxyl groups is 1. The quantitative estimate of drug-likeness (QED) is 0.569. The second-order valence-electron chi connectivity index (χ2n) is 7.42. The van der Waals surface area contributed by atoms with Crippen LogP contribution >= 0.6 is 12.4 Å². The van der Waals surface area contributed by atoms with E-state index in [9.17, 15) is 18.7 Å². The summed E-state index contributed by atoms with van der Waals surface area (Å²) in [6.45, 7) is 1.84. The number of para-hydroxylation sites is 2. The van der Waals surface area contributed by atoms with Crippen molar-refractivity contribution in [1.29, 1.82) is 0 Å². The predicted molar refractivity (Wildman–Crippen MR) is 115 cm³/mol. The lowest BCUT2D eigenvalue weighted by Gasteiger charge is -2.28. The van der Waals surface area contributed by atoms with Gasteiger partial charge in [-0.25, -0.2) is 8.78 Å². The molecule has 170 valence electrons. The largest absolute Gasteiger partial charge is 0.493 e. The van der Waals surface area contributed by atoms with E-state index in [1.165, 1.54) is 19.1 Å². The molecule has 1 heterocycles. The van der Waals surface area contributed by atoms with Gasteiger partial charge >= 0.3 is 0 Å². The average Bonchev–Trinajstić information content (AvgIpc) is 3.14. The zero-order valence-electron chi connectivity index (χ0n) is 17.3. The van der Waals surface area contributed by atoms with E-state index in [4.69, 9.17) is 9.47 Å². The summed E-state index contributed by atoms with van der Waals surface area (Å²) in [6.07, 6.45) is -0.602. The van der Waals surface area contributed by atoms with Gasteiger partial charge in [0.2, 0.25) is 5.91 Å². The highest BCUT2D eigenvalue weighted by Crippen LogP contribution is 2.29. The number of benzene rings is 2. The molecule has 2 aromatic carbocycles. The minimum Gasteiger partial charge on any atom is -0.493 e. The van der Waals surface area contributed by atoms with Crippen LogP contribution in [0.2, 0.25) is 0 Å². The number of halogens is 3. The molecule has 3 rings (SSSR count). The molecule has 0 spiro atoms. The first-order valence-electron chi connectivity index (χ1n) is 9.79. The average molecular weight is 457 g/mol. The van der Waals surface area contributed by atoms with E-state index in [2.05, 4.69) is 10.6 Å². The van der Waals surface area contributed by atoms with Crippen molar-refractivity contribution in [2.24, 2.45) is 0 Å². The molecule has 2 aromatic rings. The van der Waals surface area contributed by atoms with E-state index in [1.54, 1.807) is 19.2 Å². The van der Waals surface area contributed by atoms with Crippen LogP contribution in [0.15, 0.2) is 42.5 Å². The molecule has 0 bridgehead atoms. The fraction of sp³-hybridized carbons (Fsp3) is 0.409. The van der Waals surface area contributed by atoms with E-state index in [0.29, 0.717) is 30.0 Å². The van der Waals surface area contributed by atoms with Gasteiger partial charge in [0.1, 0.15) is 17.7 Å². The molecular weight excluding hydrogens is 430 g/mol. The number of rotatable bonds is 8. The maximum atomic E-state index is 13.5. The van der Waals surface area contributed by atoms with Crippen molar-refractivity contribution < 1.29 is 28.2 Å². The summed E-state index contributed by atoms with van der Waals surface area (Å²) in [5.74, 6) is -0.521. The number of nitrogens with one attached hydrogen (secondary N) is 2. The van der Waals surface area contributed by atoms with Gasteiger partial charge in [-0.1, -0.05) is 12.1 Å². The number of aliphatic hydroxyl groups excluding tert-OH is 1. The SMILES string of the molecule is COc1ccccc1O[C@H]1CN[C@@H]([C@H](O)[C@H](Cc2cc(F)cc(F)c2)NC(C)=O)C1.Cl. The molecule has 3 N–H and O–H groups in total. The van der Waals surface area contributed by atoms with Gasteiger partial charge in [0.15, 0.2) is 11.5 Å². The maximum absolute atomic E-state index is 13.5. The van der Waals surface area contributed by atoms with Gasteiger partial charge in [-0.05, 0) is 36.2 Å². The van der Waals surface area contributed by atoms with Crippen LogP contribution < -0.4 is 20.1 Å². The van der Waals surface area contributed by atoms with Crippen molar-refractivity contribution in [3.63, 3.8) is 0 Å². The Hall–Kier alpha value is -2.42. The Morgan fingerprint density at radius 2 is 1.87 bits per heavy atom. The second-order valence-corrected chi connectivity index (χ2v) is 7.42. The molecule has 6 nitrogen and oxygen atoms in total. The zero-order chi connectivity index (χ0) is 21.7. The lowest BCUT2D eigenvalue weighted by atomic mass is 9.95. The number of ether oxygens (including phenoxy) is 2. The number of carbonyl (C=O) groups excluding carboxylic acids is 1. The molecule has 1 aliphatic heterocycles. The molecule has 0 radical (unpaired) electrons. The fourth-order valence-corrected chi connectivity index (χ4v) is 3.76. The van der Waals surface area contributed by atoms with Crippen LogP contribution in [0.5, 0.6) is 11.5 Å². The molecule has 0 aliphatic carbocycles. The summed E-state index contributed by atoms with van der Waals surface area (Å²) < 4.78 is 38.4. The van der Waals surface area contributed by atoms with Gasteiger partial charge in [0.05, 0.1) is 19.3 Å². The van der Waals surface area contributed by atoms with Crippen molar-refractivity contribution in [2.45, 2.75) is 44.1 Å². The Bertz CT molecular complexity index is 866. The number of methoxy groups -OCH3 is 1. The second kappa shape index (κ2) is 11.3. The van der Waals surface area contributed by atoms with Gasteiger partial charge in [0, 0.05) is 32.0 Å². The van der Waals surface area contributed by atoms with Crippen molar-refractivity contribution in [3.05, 3.63) is 59.7 Å². The van der Waals surface area contributed by atoms with Gasteiger partial charge in [-0.3, -0.25) is 4.79 Å². The molecule has 1 amide bonds. The minimum absolute atomic E-state index is 0. The summed E-state index contributed by atoms with van der Waals surface area (Å²) in [6, 6.07) is 9.39. The normalized spacial score (nSPS) is 19.8. The van der Waals surface area contributed by atoms with E-state index in [0.717, 1.165) is 6.07 Å². The summed E-state index contributed by atoms with van der Waals surface area (Å²) in [5, 5.41) is 16.8. The van der Waals surface area contributed by atoms with Gasteiger partial charge < -0.3 is 25.2 Å². The van der Waals surface area contributed by atoms with Gasteiger partial charge in [-0.15, -0.1) is 12.4 Å². The Kier molecular flexibility index (Phi) is 9.03. The van der Waals surface area contributed by atoms with E-state index < -0.39 is 23.8 Å². The Balaban J connectivity index is 0.00000341. The number of amides is 1. The van der Waals surface area contributed by atoms with Crippen LogP contribution in [0.3, 0.4) is 0 Å². The number of hydrogen-bond acceptors (Lipinski definition) is 5. The smallest absolute Gasteiger partial charge is 0.217 e. The van der Waals surface area contributed by atoms with Crippen LogP contribution in [0.1, 0.15) is 18.9 Å². The molecule has 1 saturated heterocycles. The van der Waals surface area contributed by atoms with Gasteiger partial charge in [0.25, 0.3) is 0 Å². The van der Waals surface area contributed by atoms with Crippen molar-refractivity contribution in [1.82, 2.24) is 10.6 Å². The van der Waals surface area contributed by atoms with E-state index in [1.807, 2.05) is 12.1 Å². The van der Waals surface area contributed by atoms with Crippen molar-refractivity contribution >= 4 is 18.3 Å². The molecule has 0 aromatic heterocycles. The Morgan fingerprint density at radius 3 is 2.48 bits per heavy atom. The third kappa shape index (κ3) is 6.78. The molecule has 4 atom stereocenters. The molecule has 1 fully saturated rings. The van der Waals surface area contributed by atoms with Crippen LogP contribution in [0.25, 0.3) is 0 Å². The molecule has 9 heteroatoms. The first-order chi connectivity index (χ1) is 14.4. The van der Waals surface area contributed by atoms with Crippen molar-refractivity contribution in [2.75, 3.05) is 13.7 Å². The molecule has 0 unspecified atom stereocenters. The molecule has 0 saturated carbocycles. The van der Waals surface area contributed by atoms with Crippen molar-refractivity contribution in [3.8, 4) is 11.5 Å². The maximum Gasteiger partial charge on any atom is 0.217 e. The lowest BCUT2D eigenvalue weighted by Crippen LogP contribution is -2.51. The van der Waals surface area contributed by atoms with E-state index in [-0.39, 0.29) is 36.9 Å². The predicted octanol–water partition coefficient (Wildman–Crippen LogP) is 2.61. The first-order valence-corrected chi connectivity index (χ1v) is 9.79. The summed E-state index contributed by atoms with van der Waals surface area (Å²) in [7, 11) is 1.56. The Labute approximate surface area is 186 Å². The third-order valence-corrected chi connectivity index (χ3v) is 5.08. The summed E-state index contributed by atoms with van der Waals surface area (Å²) in [4.78, 5) is 11.6. The highest BCUT2D eigenvalue weighted by atomic mass is 35.5. The monoisotopic (exact) mass is 456 g/mol. The lowest BCUT2D eigenvalue weighted by molar-refractivity contribution is -0.120. The molecular formula is C22H27ClF2N2O4. The van der Waals surface area contributed by atoms with Crippen LogP contribution in [-0.4, -0.2) is 49.0 Å². The topological polar surface area (TPSA) is 79.8 Å². The van der Waals surface area contributed by atoms with Crippen LogP contribution in [-0.2, 0) is 11.2 Å². The standard InChI is InChI=1S/C22H26F2N2O4.ClH/c1-13(27)26-19(9-14-7-15(23)10-16(24)8-14)22(28)18-11-17(12-25-18)30-21-6-4-3-5-20(21)29-2;/h3-8,10,17-19,22,25,28H,9,11-12H2,1-2H3,(H,26,27);1H/t17-,18-,19+,22+;/m1./s1. The van der Waals surface area contributed by atoms with E-state index >= 15 is 0 Å². The van der Waals surface area contributed by atoms with Crippen LogP contribution in [0.4, 0.5) is 8.78 Å². The Morgan fingerprint density at radius 1 is 1.23 bits per heavy atom. The van der Waals surface area contributed by atoms with Gasteiger partial charge in [-0.2, -0.15) is 0 Å². The number of carbonyl (C=O) groups is 1. The highest BCUT2D eigenvalue weighted by molar-refractivity contribution is 5.85. The first kappa shape index (κ1) is 24.8. The zero-order valence-corrected chi connectivity index (χ0v) is 18.1. The summed E-state index contributed by atoms with van der Waals surface area (Å²) in [5.41, 5.74) is 0.352. The van der Waals surface area contributed by atoms with Crippen LogP contribution in [0, 0.1) is 11.6 Å². The molecule has 31 heavy (non-hydrogen) atoms. The number of hydrogen-bond donors (Lipinski definition) is 3. The fourth-order valence-electron chi connectivity index (χ4n) is 3.76. The highest BCUT2D eigenvalue weighted by Gasteiger charge is 2.35. The summed E-state index contributed by atoms with van der Waals surface area (Å²) >= 11 is 0. The minimum atomic E-state index is -0.980. The third-order valence-electron chi connectivity index (χ3n) is 5.08.